The molecule has 1 aromatic carbocycles. The number of alkyl halides is 3. The second-order valence-electron chi connectivity index (χ2n) is 4.26. The van der Waals surface area contributed by atoms with Gasteiger partial charge in [0.25, 0.3) is 0 Å². The van der Waals surface area contributed by atoms with Gasteiger partial charge in [0, 0.05) is 25.2 Å². The average Bonchev–Trinajstić information content (AvgIpc) is 2.41. The Morgan fingerprint density at radius 3 is 2.52 bits per heavy atom. The van der Waals surface area contributed by atoms with Gasteiger partial charge in [-0.25, -0.2) is 0 Å². The van der Waals surface area contributed by atoms with E-state index in [1.165, 1.54) is 6.07 Å². The first-order valence-corrected chi connectivity index (χ1v) is 7.60. The molecule has 1 atom stereocenters. The van der Waals surface area contributed by atoms with Crippen LogP contribution in [0.1, 0.15) is 12.0 Å². The second kappa shape index (κ2) is 8.35. The number of ether oxygens (including phenoxy) is 2. The molecule has 0 radical (unpaired) electrons. The van der Waals surface area contributed by atoms with E-state index < -0.39 is 22.5 Å². The fourth-order valence-corrected chi connectivity index (χ4v) is 2.72. The molecule has 21 heavy (non-hydrogen) atoms. The van der Waals surface area contributed by atoms with Crippen molar-refractivity contribution in [2.75, 3.05) is 38.4 Å². The van der Waals surface area contributed by atoms with Crippen LogP contribution in [0.4, 0.5) is 18.9 Å². The lowest BCUT2D eigenvalue weighted by Crippen LogP contribution is -2.10. The van der Waals surface area contributed by atoms with E-state index in [1.54, 1.807) is 7.11 Å². The van der Waals surface area contributed by atoms with Gasteiger partial charge >= 0.3 is 6.18 Å². The van der Waals surface area contributed by atoms with Crippen molar-refractivity contribution in [3.8, 4) is 0 Å². The zero-order valence-corrected chi connectivity index (χ0v) is 12.4. The maximum Gasteiger partial charge on any atom is 0.416 e. The molecular weight excluding hydrogens is 307 g/mol. The minimum atomic E-state index is -4.46. The summed E-state index contributed by atoms with van der Waals surface area (Å²) in [5.41, 5.74) is 4.60. The summed E-state index contributed by atoms with van der Waals surface area (Å²) in [6.45, 7) is 1.34. The molecule has 0 bridgehead atoms. The van der Waals surface area contributed by atoms with E-state index in [0.717, 1.165) is 12.1 Å². The fourth-order valence-electron chi connectivity index (χ4n) is 1.58. The molecule has 0 heterocycles. The monoisotopic (exact) mass is 325 g/mol. The summed E-state index contributed by atoms with van der Waals surface area (Å²) in [6, 6.07) is 2.86. The second-order valence-corrected chi connectivity index (χ2v) is 5.80. The number of hydrogen-bond acceptors (Lipinski definition) is 4. The normalized spacial score (nSPS) is 13.3. The zero-order valence-electron chi connectivity index (χ0n) is 11.6. The highest BCUT2D eigenvalue weighted by Gasteiger charge is 2.31. The van der Waals surface area contributed by atoms with Crippen molar-refractivity contribution in [2.45, 2.75) is 17.5 Å². The molecule has 120 valence electrons. The maximum absolute atomic E-state index is 12.5. The fraction of sp³-hybridized carbons (Fsp3) is 0.538. The van der Waals surface area contributed by atoms with Gasteiger partial charge in [-0.2, -0.15) is 13.2 Å². The number of benzene rings is 1. The molecule has 0 aliphatic carbocycles. The third-order valence-corrected chi connectivity index (χ3v) is 4.15. The van der Waals surface area contributed by atoms with E-state index in [4.69, 9.17) is 15.2 Å². The Bertz CT molecular complexity index is 480. The van der Waals surface area contributed by atoms with Crippen molar-refractivity contribution >= 4 is 16.5 Å². The number of halogens is 3. The van der Waals surface area contributed by atoms with Gasteiger partial charge < -0.3 is 15.2 Å². The predicted molar refractivity (Wildman–Crippen MR) is 74.4 cm³/mol. The van der Waals surface area contributed by atoms with Crippen LogP contribution in [-0.4, -0.2) is 36.9 Å². The Labute approximate surface area is 123 Å². The molecule has 4 nitrogen and oxygen atoms in total. The van der Waals surface area contributed by atoms with E-state index in [-0.39, 0.29) is 16.3 Å². The summed E-state index contributed by atoms with van der Waals surface area (Å²) in [7, 11) is 0.120. The molecule has 1 aromatic rings. The van der Waals surface area contributed by atoms with E-state index >= 15 is 0 Å². The first kappa shape index (κ1) is 17.9. The summed E-state index contributed by atoms with van der Waals surface area (Å²) < 4.78 is 59.5. The molecule has 0 fully saturated rings. The Morgan fingerprint density at radius 1 is 1.24 bits per heavy atom. The zero-order chi connectivity index (χ0) is 15.9. The standard InChI is InChI=1S/C13H18F3NO3S/c1-19-6-7-20-5-2-8-21(18)12-4-3-10(9-11(12)17)13(14,15)16/h3-4,9H,2,5-8,17H2,1H3. The number of nitrogens with two attached hydrogens (primary N) is 1. The summed E-state index contributed by atoms with van der Waals surface area (Å²) in [5, 5.41) is 0. The Hall–Kier alpha value is -1.12. The van der Waals surface area contributed by atoms with Crippen LogP contribution in [0.3, 0.4) is 0 Å². The number of anilines is 1. The molecule has 2 N–H and O–H groups in total. The quantitative estimate of drug-likeness (QED) is 0.589. The lowest BCUT2D eigenvalue weighted by Gasteiger charge is -2.10. The molecule has 0 aliphatic heterocycles. The maximum atomic E-state index is 12.5. The van der Waals surface area contributed by atoms with E-state index in [0.29, 0.717) is 26.2 Å². The Balaban J connectivity index is 2.51. The molecule has 1 unspecified atom stereocenters. The minimum absolute atomic E-state index is 0.108. The van der Waals surface area contributed by atoms with Crippen LogP contribution in [0.25, 0.3) is 0 Å². The van der Waals surface area contributed by atoms with Gasteiger partial charge in [-0.1, -0.05) is 0 Å². The van der Waals surface area contributed by atoms with Gasteiger partial charge in [0.2, 0.25) is 0 Å². The molecule has 0 aromatic heterocycles. The number of rotatable bonds is 8. The van der Waals surface area contributed by atoms with Gasteiger partial charge in [-0.05, 0) is 24.6 Å². The van der Waals surface area contributed by atoms with Crippen molar-refractivity contribution < 1.29 is 26.9 Å². The highest BCUT2D eigenvalue weighted by atomic mass is 32.2. The molecule has 0 saturated heterocycles. The number of methoxy groups -OCH3 is 1. The molecule has 1 rings (SSSR count). The summed E-state index contributed by atoms with van der Waals surface area (Å²) in [5.74, 6) is 0.280. The summed E-state index contributed by atoms with van der Waals surface area (Å²) in [6.07, 6.45) is -3.93. The first-order chi connectivity index (χ1) is 9.86. The van der Waals surface area contributed by atoms with Crippen LogP contribution in [0, 0.1) is 0 Å². The molecule has 8 heteroatoms. The SMILES string of the molecule is COCCOCCCS(=O)c1ccc(C(F)(F)F)cc1N. The van der Waals surface area contributed by atoms with Crippen LogP contribution < -0.4 is 5.73 Å². The van der Waals surface area contributed by atoms with Crippen LogP contribution >= 0.6 is 0 Å². The van der Waals surface area contributed by atoms with Crippen molar-refractivity contribution in [3.05, 3.63) is 23.8 Å². The van der Waals surface area contributed by atoms with Crippen LogP contribution in [0.5, 0.6) is 0 Å². The first-order valence-electron chi connectivity index (χ1n) is 6.28. The molecule has 0 amide bonds. The van der Waals surface area contributed by atoms with Gasteiger partial charge in [0.05, 0.1) is 34.5 Å². The topological polar surface area (TPSA) is 61.5 Å². The van der Waals surface area contributed by atoms with Crippen molar-refractivity contribution in [2.24, 2.45) is 0 Å². The summed E-state index contributed by atoms with van der Waals surface area (Å²) in [4.78, 5) is 0.222. The summed E-state index contributed by atoms with van der Waals surface area (Å²) >= 11 is 0. The lowest BCUT2D eigenvalue weighted by atomic mass is 10.2. The van der Waals surface area contributed by atoms with E-state index in [1.807, 2.05) is 0 Å². The van der Waals surface area contributed by atoms with E-state index in [9.17, 15) is 17.4 Å². The largest absolute Gasteiger partial charge is 0.416 e. The highest BCUT2D eigenvalue weighted by Crippen LogP contribution is 2.32. The van der Waals surface area contributed by atoms with Crippen LogP contribution in [0.15, 0.2) is 23.1 Å². The van der Waals surface area contributed by atoms with Gasteiger partial charge in [-0.15, -0.1) is 0 Å². The molecule has 0 saturated carbocycles. The van der Waals surface area contributed by atoms with Crippen LogP contribution in [-0.2, 0) is 26.4 Å². The van der Waals surface area contributed by atoms with Gasteiger partial charge in [0.15, 0.2) is 0 Å². The molecule has 0 spiro atoms. The Kier molecular flexibility index (Phi) is 7.13. The Morgan fingerprint density at radius 2 is 1.95 bits per heavy atom. The molecular formula is C13H18F3NO3S. The molecule has 0 aliphatic rings. The van der Waals surface area contributed by atoms with Crippen molar-refractivity contribution in [1.82, 2.24) is 0 Å². The third-order valence-electron chi connectivity index (χ3n) is 2.63. The van der Waals surface area contributed by atoms with Crippen molar-refractivity contribution in [1.29, 1.82) is 0 Å². The number of nitrogen functional groups attached to an aromatic ring is 1. The third kappa shape index (κ3) is 6.03. The van der Waals surface area contributed by atoms with Crippen LogP contribution in [0.2, 0.25) is 0 Å². The predicted octanol–water partition coefficient (Wildman–Crippen LogP) is 2.45. The highest BCUT2D eigenvalue weighted by molar-refractivity contribution is 7.85. The van der Waals surface area contributed by atoms with Crippen molar-refractivity contribution in [3.63, 3.8) is 0 Å². The number of hydrogen-bond donors (Lipinski definition) is 1. The minimum Gasteiger partial charge on any atom is -0.398 e. The smallest absolute Gasteiger partial charge is 0.398 e. The lowest BCUT2D eigenvalue weighted by molar-refractivity contribution is -0.137. The van der Waals surface area contributed by atoms with E-state index in [2.05, 4.69) is 0 Å². The average molecular weight is 325 g/mol. The van der Waals surface area contributed by atoms with Gasteiger partial charge in [0.1, 0.15) is 0 Å². The van der Waals surface area contributed by atoms with Gasteiger partial charge in [-0.3, -0.25) is 4.21 Å².